The molecule has 0 spiro atoms. The predicted molar refractivity (Wildman–Crippen MR) is 211 cm³/mol. The molecule has 0 N–H and O–H groups in total. The van der Waals surface area contributed by atoms with Gasteiger partial charge in [-0.15, -0.1) is 22.7 Å². The number of thiophene rings is 2. The lowest BCUT2D eigenvalue weighted by molar-refractivity contribution is 0.00578. The Morgan fingerprint density at radius 2 is 1.15 bits per heavy atom. The third-order valence-electron chi connectivity index (χ3n) is 11.5. The summed E-state index contributed by atoms with van der Waals surface area (Å²) >= 11 is 3.76. The fourth-order valence-corrected chi connectivity index (χ4v) is 9.75. The van der Waals surface area contributed by atoms with Crippen molar-refractivity contribution in [3.8, 4) is 31.3 Å². The topological polar surface area (TPSA) is 18.5 Å². The summed E-state index contributed by atoms with van der Waals surface area (Å²) in [5.41, 5.74) is 7.72. The van der Waals surface area contributed by atoms with Gasteiger partial charge in [0.05, 0.1) is 11.2 Å². The van der Waals surface area contributed by atoms with Gasteiger partial charge in [-0.25, -0.2) is 0 Å². The fourth-order valence-electron chi connectivity index (χ4n) is 7.91. The van der Waals surface area contributed by atoms with Crippen LogP contribution in [0.3, 0.4) is 0 Å². The third-order valence-corrected chi connectivity index (χ3v) is 13.7. The summed E-state index contributed by atoms with van der Waals surface area (Å²) in [7, 11) is -0.345. The van der Waals surface area contributed by atoms with Crippen molar-refractivity contribution in [1.29, 1.82) is 0 Å². The molecule has 0 bridgehead atoms. The Labute approximate surface area is 299 Å². The number of hydrogen-bond donors (Lipinski definition) is 0. The molecule has 2 aliphatic rings. The molecule has 0 unspecified atom stereocenters. The monoisotopic (exact) mass is 680 g/mol. The molecule has 1 aliphatic heterocycles. The van der Waals surface area contributed by atoms with E-state index in [2.05, 4.69) is 108 Å². The first-order chi connectivity index (χ1) is 23.2. The van der Waals surface area contributed by atoms with Crippen molar-refractivity contribution in [1.82, 2.24) is 0 Å². The minimum Gasteiger partial charge on any atom is -0.399 e. The first-order valence-corrected chi connectivity index (χ1v) is 20.7. The number of benzene rings is 2. The van der Waals surface area contributed by atoms with Gasteiger partial charge in [-0.05, 0) is 103 Å². The molecular formula is C43H57BO2S2. The minimum absolute atomic E-state index is 0.00365. The minimum atomic E-state index is -0.356. The molecule has 48 heavy (non-hydrogen) atoms. The van der Waals surface area contributed by atoms with Gasteiger partial charge < -0.3 is 9.31 Å². The van der Waals surface area contributed by atoms with E-state index in [-0.39, 0.29) is 23.7 Å². The van der Waals surface area contributed by atoms with Crippen molar-refractivity contribution in [2.75, 3.05) is 0 Å². The molecule has 2 nitrogen and oxygen atoms in total. The maximum atomic E-state index is 6.62. The van der Waals surface area contributed by atoms with Crippen LogP contribution >= 0.6 is 22.7 Å². The molecule has 2 aromatic heterocycles. The zero-order valence-corrected chi connectivity index (χ0v) is 32.1. The Morgan fingerprint density at radius 3 is 1.75 bits per heavy atom. The second kappa shape index (κ2) is 15.4. The van der Waals surface area contributed by atoms with Crippen LogP contribution in [0.2, 0.25) is 0 Å². The molecule has 256 valence electrons. The number of fused-ring (bicyclic) bond motifs is 3. The quantitative estimate of drug-likeness (QED) is 0.0816. The summed E-state index contributed by atoms with van der Waals surface area (Å²) in [6.07, 6.45) is 18.3. The summed E-state index contributed by atoms with van der Waals surface area (Å²) in [5, 5.41) is 2.18. The van der Waals surface area contributed by atoms with E-state index in [1.54, 1.807) is 5.56 Å². The van der Waals surface area contributed by atoms with Crippen molar-refractivity contribution in [3.05, 3.63) is 77.2 Å². The van der Waals surface area contributed by atoms with Gasteiger partial charge in [-0.3, -0.25) is 0 Å². The van der Waals surface area contributed by atoms with E-state index in [0.29, 0.717) is 0 Å². The lowest BCUT2D eigenvalue weighted by Gasteiger charge is -2.33. The summed E-state index contributed by atoms with van der Waals surface area (Å²) in [6.45, 7) is 13.3. The van der Waals surface area contributed by atoms with Gasteiger partial charge in [0.1, 0.15) is 0 Å². The molecule has 6 rings (SSSR count). The van der Waals surface area contributed by atoms with Crippen molar-refractivity contribution < 1.29 is 9.31 Å². The zero-order chi connectivity index (χ0) is 33.8. The molecule has 1 aliphatic carbocycles. The fraction of sp³-hybridized carbons (Fsp3) is 0.535. The van der Waals surface area contributed by atoms with Gasteiger partial charge in [-0.1, -0.05) is 127 Å². The normalized spacial score (nSPS) is 17.2. The van der Waals surface area contributed by atoms with E-state index in [4.69, 9.17) is 9.31 Å². The average molecular weight is 681 g/mol. The maximum Gasteiger partial charge on any atom is 0.494 e. The summed E-state index contributed by atoms with van der Waals surface area (Å²) in [4.78, 5) is 4.08. The molecule has 0 radical (unpaired) electrons. The van der Waals surface area contributed by atoms with Crippen LogP contribution in [0.15, 0.2) is 66.0 Å². The molecule has 3 heterocycles. The van der Waals surface area contributed by atoms with Gasteiger partial charge in [0.25, 0.3) is 0 Å². The lowest BCUT2D eigenvalue weighted by atomic mass is 9.68. The Morgan fingerprint density at radius 1 is 0.583 bits per heavy atom. The second-order valence-electron chi connectivity index (χ2n) is 15.4. The molecule has 0 atom stereocenters. The number of hydrogen-bond acceptors (Lipinski definition) is 4. The summed E-state index contributed by atoms with van der Waals surface area (Å²) in [5.74, 6) is 0. The molecule has 0 amide bonds. The van der Waals surface area contributed by atoms with Crippen molar-refractivity contribution in [2.24, 2.45) is 0 Å². The zero-order valence-electron chi connectivity index (χ0n) is 30.5. The molecule has 1 fully saturated rings. The van der Waals surface area contributed by atoms with E-state index in [1.165, 1.54) is 127 Å². The second-order valence-corrected chi connectivity index (χ2v) is 17.4. The van der Waals surface area contributed by atoms with Crippen molar-refractivity contribution in [3.63, 3.8) is 0 Å². The lowest BCUT2D eigenvalue weighted by Crippen LogP contribution is -2.41. The van der Waals surface area contributed by atoms with E-state index in [9.17, 15) is 0 Å². The molecule has 1 saturated heterocycles. The summed E-state index contributed by atoms with van der Waals surface area (Å²) in [6, 6.07) is 23.6. The van der Waals surface area contributed by atoms with Gasteiger partial charge >= 0.3 is 7.12 Å². The van der Waals surface area contributed by atoms with E-state index in [0.717, 1.165) is 5.46 Å². The van der Waals surface area contributed by atoms with E-state index in [1.807, 2.05) is 22.7 Å². The molecule has 2 aromatic carbocycles. The number of rotatable bonds is 17. The highest BCUT2D eigenvalue weighted by molar-refractivity contribution is 7.23. The van der Waals surface area contributed by atoms with Gasteiger partial charge in [0.15, 0.2) is 0 Å². The van der Waals surface area contributed by atoms with Crippen LogP contribution in [0, 0.1) is 0 Å². The Hall–Kier alpha value is -2.18. The molecule has 5 heteroatoms. The van der Waals surface area contributed by atoms with E-state index >= 15 is 0 Å². The van der Waals surface area contributed by atoms with Crippen LogP contribution in [0.1, 0.15) is 143 Å². The van der Waals surface area contributed by atoms with Crippen LogP contribution in [0.25, 0.3) is 31.3 Å². The SMILES string of the molecule is CCCCCCCCC1(CCCCCCCC)c2cc(B3OC(C)(C)C(C)(C)O3)ccc2-c2ccc(-c3ccc(-c4cccs4)s3)cc21. The Kier molecular flexibility index (Phi) is 11.4. The van der Waals surface area contributed by atoms with Gasteiger partial charge in [0, 0.05) is 20.0 Å². The van der Waals surface area contributed by atoms with Crippen LogP contribution < -0.4 is 5.46 Å². The van der Waals surface area contributed by atoms with Crippen molar-refractivity contribution >= 4 is 35.3 Å². The first kappa shape index (κ1) is 35.6. The van der Waals surface area contributed by atoms with Gasteiger partial charge in [0.2, 0.25) is 0 Å². The largest absolute Gasteiger partial charge is 0.494 e. The predicted octanol–water partition coefficient (Wildman–Crippen LogP) is 13.2. The smallest absolute Gasteiger partial charge is 0.399 e. The van der Waals surface area contributed by atoms with Crippen LogP contribution in [0.5, 0.6) is 0 Å². The maximum absolute atomic E-state index is 6.62. The highest BCUT2D eigenvalue weighted by Crippen LogP contribution is 2.55. The van der Waals surface area contributed by atoms with Crippen LogP contribution in [0.4, 0.5) is 0 Å². The average Bonchev–Trinajstić information content (AvgIpc) is 3.86. The Balaban J connectivity index is 1.39. The number of unbranched alkanes of at least 4 members (excludes halogenated alkanes) is 10. The molecule has 4 aromatic rings. The molecular weight excluding hydrogens is 623 g/mol. The highest BCUT2D eigenvalue weighted by Gasteiger charge is 2.52. The summed E-state index contributed by atoms with van der Waals surface area (Å²) < 4.78 is 13.2. The van der Waals surface area contributed by atoms with Crippen molar-refractivity contribution in [2.45, 2.75) is 148 Å². The third kappa shape index (κ3) is 7.31. The van der Waals surface area contributed by atoms with Crippen LogP contribution in [-0.2, 0) is 14.7 Å². The van der Waals surface area contributed by atoms with Crippen LogP contribution in [-0.4, -0.2) is 18.3 Å². The first-order valence-electron chi connectivity index (χ1n) is 19.0. The molecule has 0 saturated carbocycles. The highest BCUT2D eigenvalue weighted by atomic mass is 32.1. The Bertz CT molecular complexity index is 1600. The van der Waals surface area contributed by atoms with Gasteiger partial charge in [-0.2, -0.15) is 0 Å². The standard InChI is InChI=1S/C43H57BO2S2/c1-7-9-11-13-15-17-27-43(28-18-16-14-12-10-8-2)36-30-32(38-25-26-40(48-38)39-20-19-29-47-39)21-23-34(36)35-24-22-33(31-37(35)43)44-45-41(3,4)42(5,6)46-44/h19-26,29-31H,7-18,27-28H2,1-6H3. The van der Waals surface area contributed by atoms with E-state index < -0.39 is 0 Å².